The molecule has 33 heavy (non-hydrogen) atoms. The van der Waals surface area contributed by atoms with Gasteiger partial charge in [-0.1, -0.05) is 36.4 Å². The van der Waals surface area contributed by atoms with E-state index in [2.05, 4.69) is 0 Å². The van der Waals surface area contributed by atoms with Crippen LogP contribution in [0.2, 0.25) is 0 Å². The summed E-state index contributed by atoms with van der Waals surface area (Å²) in [5.74, 6) is 0.303. The van der Waals surface area contributed by atoms with Crippen molar-refractivity contribution in [3.8, 4) is 5.75 Å². The summed E-state index contributed by atoms with van der Waals surface area (Å²) in [4.78, 5) is 13.0. The minimum atomic E-state index is -2.51. The third-order valence-electron chi connectivity index (χ3n) is 6.11. The number of benzene rings is 2. The number of hydrogen-bond donors (Lipinski definition) is 1. The molecule has 7 heteroatoms. The zero-order valence-corrected chi connectivity index (χ0v) is 17.8. The highest BCUT2D eigenvalue weighted by Gasteiger charge is 2.32. The van der Waals surface area contributed by atoms with Crippen molar-refractivity contribution in [3.05, 3.63) is 83.1 Å². The number of fused-ring (bicyclic) bond motifs is 1. The fourth-order valence-corrected chi connectivity index (χ4v) is 4.35. The molecule has 1 N–H and O–H groups in total. The maximum atomic E-state index is 13.6. The predicted octanol–water partition coefficient (Wildman–Crippen LogP) is 5.38. The van der Waals surface area contributed by atoms with E-state index in [0.29, 0.717) is 36.5 Å². The van der Waals surface area contributed by atoms with Crippen LogP contribution in [-0.2, 0) is 11.3 Å². The second-order valence-corrected chi connectivity index (χ2v) is 8.52. The van der Waals surface area contributed by atoms with E-state index >= 15 is 0 Å². The lowest BCUT2D eigenvalue weighted by molar-refractivity contribution is -0.147. The first-order valence-electron chi connectivity index (χ1n) is 10.8. The van der Waals surface area contributed by atoms with Gasteiger partial charge in [0.25, 0.3) is 6.43 Å². The summed E-state index contributed by atoms with van der Waals surface area (Å²) < 4.78 is 39.0. The number of halogens is 2. The number of aliphatic carboxylic acids is 1. The maximum Gasteiger partial charge on any atom is 0.309 e. The molecule has 0 amide bonds. The number of alkyl halides is 2. The number of ether oxygens (including phenoxy) is 1. The molecule has 5 nitrogen and oxygen atoms in total. The Hall–Kier alpha value is -3.45. The number of carboxylic acids is 1. The van der Waals surface area contributed by atoms with Crippen molar-refractivity contribution in [2.24, 2.45) is 5.92 Å². The fourth-order valence-electron chi connectivity index (χ4n) is 4.35. The zero-order valence-electron chi connectivity index (χ0n) is 17.8. The Labute approximate surface area is 189 Å². The first kappa shape index (κ1) is 21.4. The number of likely N-dealkylation sites (tertiary alicyclic amines) is 1. The highest BCUT2D eigenvalue weighted by Crippen LogP contribution is 2.36. The number of carboxylic acid groups (broad SMARTS) is 1. The van der Waals surface area contributed by atoms with Crippen LogP contribution in [-0.4, -0.2) is 42.1 Å². The van der Waals surface area contributed by atoms with Crippen molar-refractivity contribution >= 4 is 22.5 Å². The van der Waals surface area contributed by atoms with Crippen LogP contribution in [0, 0.1) is 5.92 Å². The summed E-state index contributed by atoms with van der Waals surface area (Å²) in [6.07, 6.45) is -0.510. The molecule has 0 saturated carbocycles. The lowest BCUT2D eigenvalue weighted by Gasteiger charge is -2.35. The number of carbonyl (C=O) groups is 1. The van der Waals surface area contributed by atoms with Gasteiger partial charge < -0.3 is 14.3 Å². The molecule has 1 fully saturated rings. The molecular weight excluding hydrogens is 428 g/mol. The first-order chi connectivity index (χ1) is 16.0. The molecule has 2 aliphatic rings. The van der Waals surface area contributed by atoms with E-state index < -0.39 is 12.4 Å². The van der Waals surface area contributed by atoms with E-state index in [1.165, 1.54) is 0 Å². The minimum absolute atomic E-state index is 0.127. The fraction of sp³-hybridized carbons (Fsp3) is 0.269. The van der Waals surface area contributed by atoms with Crippen LogP contribution in [0.1, 0.15) is 17.7 Å². The summed E-state index contributed by atoms with van der Waals surface area (Å²) in [6, 6.07) is 16.7. The van der Waals surface area contributed by atoms with Gasteiger partial charge in [-0.3, -0.25) is 9.69 Å². The summed E-state index contributed by atoms with van der Waals surface area (Å²) in [5, 5.41) is 9.93. The normalized spacial score (nSPS) is 17.0. The Bertz CT molecular complexity index is 1240. The van der Waals surface area contributed by atoms with Crippen LogP contribution in [0.5, 0.6) is 5.75 Å². The Morgan fingerprint density at radius 1 is 1.15 bits per heavy atom. The Morgan fingerprint density at radius 2 is 1.94 bits per heavy atom. The molecule has 0 unspecified atom stereocenters. The average molecular weight is 451 g/mol. The van der Waals surface area contributed by atoms with Crippen LogP contribution in [0.25, 0.3) is 16.5 Å². The number of furan rings is 1. The second kappa shape index (κ2) is 8.83. The van der Waals surface area contributed by atoms with Crippen molar-refractivity contribution in [1.29, 1.82) is 0 Å². The maximum absolute atomic E-state index is 13.6. The minimum Gasteiger partial charge on any atom is -0.489 e. The standard InChI is InChI=1S/C26H23F2NO4/c27-25(28)23-9-16(8-22(23)17-4-2-1-3-5-17)15-32-20-7-6-18-10-21(33-24(18)11-20)14-29-12-19(13-29)26(30)31/h1-8,10-11,19,25H,9,12-15H2,(H,30,31). The predicted molar refractivity (Wildman–Crippen MR) is 120 cm³/mol. The molecule has 1 aliphatic carbocycles. The monoisotopic (exact) mass is 451 g/mol. The van der Waals surface area contributed by atoms with Gasteiger partial charge in [-0.05, 0) is 41.3 Å². The lowest BCUT2D eigenvalue weighted by atomic mass is 10.0. The van der Waals surface area contributed by atoms with E-state index in [1.54, 1.807) is 12.1 Å². The Kier molecular flexibility index (Phi) is 5.72. The average Bonchev–Trinajstić information content (AvgIpc) is 3.38. The van der Waals surface area contributed by atoms with Gasteiger partial charge in [0.15, 0.2) is 0 Å². The van der Waals surface area contributed by atoms with E-state index in [1.807, 2.05) is 53.4 Å². The molecule has 0 spiro atoms. The van der Waals surface area contributed by atoms with Crippen LogP contribution >= 0.6 is 0 Å². The molecule has 3 aromatic rings. The van der Waals surface area contributed by atoms with Gasteiger partial charge in [0.2, 0.25) is 0 Å². The summed E-state index contributed by atoms with van der Waals surface area (Å²) >= 11 is 0. The zero-order chi connectivity index (χ0) is 22.9. The Balaban J connectivity index is 1.23. The summed E-state index contributed by atoms with van der Waals surface area (Å²) in [6.45, 7) is 1.83. The summed E-state index contributed by atoms with van der Waals surface area (Å²) in [5.41, 5.74) is 2.96. The van der Waals surface area contributed by atoms with Crippen molar-refractivity contribution in [2.45, 2.75) is 19.4 Å². The van der Waals surface area contributed by atoms with Crippen molar-refractivity contribution in [2.75, 3.05) is 19.7 Å². The van der Waals surface area contributed by atoms with Gasteiger partial charge >= 0.3 is 5.97 Å². The molecule has 1 saturated heterocycles. The third-order valence-corrected chi connectivity index (χ3v) is 6.11. The van der Waals surface area contributed by atoms with Gasteiger partial charge in [0.1, 0.15) is 23.7 Å². The number of hydrogen-bond acceptors (Lipinski definition) is 4. The molecule has 2 aromatic carbocycles. The smallest absolute Gasteiger partial charge is 0.309 e. The Morgan fingerprint density at radius 3 is 2.67 bits per heavy atom. The molecule has 1 aromatic heterocycles. The van der Waals surface area contributed by atoms with E-state index in [4.69, 9.17) is 14.3 Å². The molecule has 0 bridgehead atoms. The molecule has 170 valence electrons. The highest BCUT2D eigenvalue weighted by molar-refractivity contribution is 5.81. The molecule has 0 atom stereocenters. The lowest BCUT2D eigenvalue weighted by Crippen LogP contribution is -2.49. The number of rotatable bonds is 8. The van der Waals surface area contributed by atoms with Crippen LogP contribution in [0.4, 0.5) is 8.78 Å². The molecular formula is C26H23F2NO4. The van der Waals surface area contributed by atoms with Gasteiger partial charge in [-0.15, -0.1) is 0 Å². The summed E-state index contributed by atoms with van der Waals surface area (Å²) in [7, 11) is 0. The quantitative estimate of drug-likeness (QED) is 0.498. The van der Waals surface area contributed by atoms with Crippen molar-refractivity contribution in [1.82, 2.24) is 4.90 Å². The van der Waals surface area contributed by atoms with E-state index in [-0.39, 0.29) is 24.5 Å². The molecule has 1 aliphatic heterocycles. The van der Waals surface area contributed by atoms with Gasteiger partial charge in [0, 0.05) is 30.1 Å². The second-order valence-electron chi connectivity index (χ2n) is 8.52. The van der Waals surface area contributed by atoms with Crippen LogP contribution in [0.15, 0.2) is 76.2 Å². The van der Waals surface area contributed by atoms with Gasteiger partial charge in [-0.2, -0.15) is 0 Å². The third kappa shape index (κ3) is 4.54. The van der Waals surface area contributed by atoms with Crippen molar-refractivity contribution in [3.63, 3.8) is 0 Å². The molecule has 2 heterocycles. The largest absolute Gasteiger partial charge is 0.489 e. The van der Waals surface area contributed by atoms with Gasteiger partial charge in [-0.25, -0.2) is 8.78 Å². The number of allylic oxidation sites excluding steroid dienone is 3. The topological polar surface area (TPSA) is 62.9 Å². The SMILES string of the molecule is O=C(O)C1CN(Cc2cc3ccc(OCC4=CC(c5ccccc5)=C(C(F)F)C4)cc3o2)C1. The number of nitrogens with zero attached hydrogens (tertiary/aromatic N) is 1. The van der Waals surface area contributed by atoms with E-state index in [0.717, 1.165) is 22.3 Å². The van der Waals surface area contributed by atoms with Crippen LogP contribution in [0.3, 0.4) is 0 Å². The van der Waals surface area contributed by atoms with Crippen molar-refractivity contribution < 1.29 is 27.8 Å². The van der Waals surface area contributed by atoms with E-state index in [9.17, 15) is 13.6 Å². The molecule has 5 rings (SSSR count). The van der Waals surface area contributed by atoms with Gasteiger partial charge in [0.05, 0.1) is 12.5 Å². The highest BCUT2D eigenvalue weighted by atomic mass is 19.3. The van der Waals surface area contributed by atoms with Crippen LogP contribution < -0.4 is 4.74 Å². The molecule has 0 radical (unpaired) electrons. The first-order valence-corrected chi connectivity index (χ1v) is 10.8.